The van der Waals surface area contributed by atoms with Gasteiger partial charge < -0.3 is 10.3 Å². The molecule has 0 amide bonds. The second-order valence-corrected chi connectivity index (χ2v) is 4.31. The van der Waals surface area contributed by atoms with Gasteiger partial charge >= 0.3 is 0 Å². The third-order valence-electron chi connectivity index (χ3n) is 2.78. The first-order valence-electron chi connectivity index (χ1n) is 5.84. The van der Waals surface area contributed by atoms with Crippen molar-refractivity contribution in [1.29, 1.82) is 0 Å². The highest BCUT2D eigenvalue weighted by molar-refractivity contribution is 5.60. The first kappa shape index (κ1) is 11.9. The van der Waals surface area contributed by atoms with E-state index in [0.29, 0.717) is 0 Å². The van der Waals surface area contributed by atoms with E-state index >= 15 is 0 Å². The molecular formula is C12H18N4O. The number of aryl methyl sites for hydroxylation is 2. The van der Waals surface area contributed by atoms with Gasteiger partial charge in [0.2, 0.25) is 0 Å². The van der Waals surface area contributed by atoms with Crippen molar-refractivity contribution in [3.05, 3.63) is 23.7 Å². The molecule has 0 radical (unpaired) electrons. The fourth-order valence-electron chi connectivity index (χ4n) is 1.90. The van der Waals surface area contributed by atoms with Gasteiger partial charge in [-0.25, -0.2) is 0 Å². The van der Waals surface area contributed by atoms with Crippen LogP contribution in [0.1, 0.15) is 37.3 Å². The van der Waals surface area contributed by atoms with Gasteiger partial charge in [0.1, 0.15) is 5.69 Å². The van der Waals surface area contributed by atoms with Crippen molar-refractivity contribution in [1.82, 2.24) is 14.9 Å². The number of nitrogens with zero attached hydrogens (tertiary/aromatic N) is 3. The van der Waals surface area contributed by atoms with Crippen molar-refractivity contribution < 1.29 is 4.52 Å². The van der Waals surface area contributed by atoms with Gasteiger partial charge in [-0.2, -0.15) is 5.10 Å². The Bertz CT molecular complexity index is 500. The molecule has 0 fully saturated rings. The maximum atomic E-state index is 5.99. The summed E-state index contributed by atoms with van der Waals surface area (Å²) in [5.41, 5.74) is 8.72. The van der Waals surface area contributed by atoms with Crippen molar-refractivity contribution in [2.75, 3.05) is 0 Å². The lowest BCUT2D eigenvalue weighted by molar-refractivity contribution is 0.356. The molecule has 1 atom stereocenters. The highest BCUT2D eigenvalue weighted by Gasteiger charge is 2.15. The van der Waals surface area contributed by atoms with Gasteiger partial charge in [0, 0.05) is 24.9 Å². The van der Waals surface area contributed by atoms with Crippen LogP contribution in [0.3, 0.4) is 0 Å². The van der Waals surface area contributed by atoms with Crippen molar-refractivity contribution in [2.45, 2.75) is 32.7 Å². The Morgan fingerprint density at radius 3 is 2.88 bits per heavy atom. The molecule has 0 aliphatic carbocycles. The maximum absolute atomic E-state index is 5.99. The van der Waals surface area contributed by atoms with Crippen LogP contribution in [-0.4, -0.2) is 14.9 Å². The van der Waals surface area contributed by atoms with Gasteiger partial charge in [0.05, 0.1) is 11.7 Å². The molecule has 1 unspecified atom stereocenters. The first-order chi connectivity index (χ1) is 8.11. The average molecular weight is 234 g/mol. The molecule has 2 N–H and O–H groups in total. The fraction of sp³-hybridized carbons (Fsp3) is 0.500. The van der Waals surface area contributed by atoms with E-state index in [0.717, 1.165) is 35.6 Å². The lowest BCUT2D eigenvalue weighted by Gasteiger charge is -2.03. The molecule has 0 aliphatic rings. The predicted octanol–water partition coefficient (Wildman–Crippen LogP) is 2.18. The molecule has 2 heterocycles. The summed E-state index contributed by atoms with van der Waals surface area (Å²) in [5, 5.41) is 8.34. The van der Waals surface area contributed by atoms with E-state index in [4.69, 9.17) is 10.3 Å². The van der Waals surface area contributed by atoms with E-state index in [2.05, 4.69) is 17.2 Å². The van der Waals surface area contributed by atoms with Crippen molar-refractivity contribution in [2.24, 2.45) is 12.8 Å². The Morgan fingerprint density at radius 2 is 2.29 bits per heavy atom. The number of aromatic nitrogens is 3. The summed E-state index contributed by atoms with van der Waals surface area (Å²) in [6, 6.07) is 1.84. The van der Waals surface area contributed by atoms with Crippen LogP contribution in [0.4, 0.5) is 0 Å². The molecule has 0 bridgehead atoms. The minimum Gasteiger partial charge on any atom is -0.359 e. The summed E-state index contributed by atoms with van der Waals surface area (Å²) >= 11 is 0. The Labute approximate surface area is 101 Å². The molecule has 0 aromatic carbocycles. The van der Waals surface area contributed by atoms with Crippen LogP contribution in [0, 0.1) is 6.92 Å². The molecule has 5 heteroatoms. The summed E-state index contributed by atoms with van der Waals surface area (Å²) in [7, 11) is 1.89. The van der Waals surface area contributed by atoms with E-state index in [1.54, 1.807) is 4.68 Å². The van der Waals surface area contributed by atoms with Crippen LogP contribution in [0.15, 0.2) is 16.8 Å². The second kappa shape index (κ2) is 4.71. The second-order valence-electron chi connectivity index (χ2n) is 4.31. The molecule has 2 rings (SSSR count). The van der Waals surface area contributed by atoms with Crippen LogP contribution < -0.4 is 5.73 Å². The lowest BCUT2D eigenvalue weighted by Crippen LogP contribution is -2.08. The zero-order chi connectivity index (χ0) is 12.4. The largest absolute Gasteiger partial charge is 0.359 e. The summed E-state index contributed by atoms with van der Waals surface area (Å²) in [5.74, 6) is 0.741. The predicted molar refractivity (Wildman–Crippen MR) is 65.3 cm³/mol. The molecule has 2 aromatic rings. The third-order valence-corrected chi connectivity index (χ3v) is 2.78. The monoisotopic (exact) mass is 234 g/mol. The fourth-order valence-corrected chi connectivity index (χ4v) is 1.90. The topological polar surface area (TPSA) is 69.9 Å². The lowest BCUT2D eigenvalue weighted by atomic mass is 10.1. The maximum Gasteiger partial charge on any atom is 0.154 e. The third kappa shape index (κ3) is 2.39. The van der Waals surface area contributed by atoms with Gasteiger partial charge in [-0.3, -0.25) is 4.68 Å². The Kier molecular flexibility index (Phi) is 3.28. The van der Waals surface area contributed by atoms with Crippen LogP contribution in [0.25, 0.3) is 11.3 Å². The molecule has 0 aliphatic heterocycles. The van der Waals surface area contributed by atoms with Gasteiger partial charge in [-0.05, 0) is 13.3 Å². The van der Waals surface area contributed by atoms with Crippen LogP contribution >= 0.6 is 0 Å². The number of hydrogen-bond donors (Lipinski definition) is 1. The van der Waals surface area contributed by atoms with Gasteiger partial charge in [-0.1, -0.05) is 18.5 Å². The van der Waals surface area contributed by atoms with Crippen molar-refractivity contribution >= 4 is 0 Å². The summed E-state index contributed by atoms with van der Waals surface area (Å²) in [4.78, 5) is 0. The number of hydrogen-bond acceptors (Lipinski definition) is 4. The van der Waals surface area contributed by atoms with E-state index in [1.807, 2.05) is 26.2 Å². The molecule has 92 valence electrons. The Balaban J connectivity index is 2.26. The summed E-state index contributed by atoms with van der Waals surface area (Å²) in [6.07, 6.45) is 3.87. The van der Waals surface area contributed by atoms with Crippen molar-refractivity contribution in [3.8, 4) is 11.3 Å². The molecule has 17 heavy (non-hydrogen) atoms. The number of rotatable bonds is 4. The SMILES string of the molecule is CCCC(N)c1cc(-c2cn(C)nc2C)no1. The minimum atomic E-state index is -0.0711. The molecule has 2 aromatic heterocycles. The summed E-state index contributed by atoms with van der Waals surface area (Å²) < 4.78 is 7.05. The number of nitrogens with two attached hydrogens (primary N) is 1. The van der Waals surface area contributed by atoms with Crippen LogP contribution in [0.2, 0.25) is 0 Å². The molecular weight excluding hydrogens is 216 g/mol. The highest BCUT2D eigenvalue weighted by Crippen LogP contribution is 2.25. The minimum absolute atomic E-state index is 0.0711. The highest BCUT2D eigenvalue weighted by atomic mass is 16.5. The van der Waals surface area contributed by atoms with E-state index in [9.17, 15) is 0 Å². The van der Waals surface area contributed by atoms with Gasteiger partial charge in [-0.15, -0.1) is 0 Å². The van der Waals surface area contributed by atoms with E-state index < -0.39 is 0 Å². The Hall–Kier alpha value is -1.62. The van der Waals surface area contributed by atoms with Crippen molar-refractivity contribution in [3.63, 3.8) is 0 Å². The first-order valence-corrected chi connectivity index (χ1v) is 5.84. The zero-order valence-electron chi connectivity index (χ0n) is 10.5. The molecule has 0 spiro atoms. The molecule has 5 nitrogen and oxygen atoms in total. The average Bonchev–Trinajstić information content (AvgIpc) is 2.85. The van der Waals surface area contributed by atoms with Crippen LogP contribution in [0.5, 0.6) is 0 Å². The normalized spacial score (nSPS) is 12.9. The summed E-state index contributed by atoms with van der Waals surface area (Å²) in [6.45, 7) is 4.05. The Morgan fingerprint density at radius 1 is 1.53 bits per heavy atom. The quantitative estimate of drug-likeness (QED) is 0.880. The van der Waals surface area contributed by atoms with E-state index in [-0.39, 0.29) is 6.04 Å². The van der Waals surface area contributed by atoms with Crippen LogP contribution in [-0.2, 0) is 7.05 Å². The molecule has 0 saturated heterocycles. The van der Waals surface area contributed by atoms with Gasteiger partial charge in [0.25, 0.3) is 0 Å². The smallest absolute Gasteiger partial charge is 0.154 e. The zero-order valence-corrected chi connectivity index (χ0v) is 10.5. The standard InChI is InChI=1S/C12H18N4O/c1-4-5-10(13)12-6-11(15-17-12)9-7-16(3)14-8(9)2/h6-7,10H,4-5,13H2,1-3H3. The van der Waals surface area contributed by atoms with E-state index in [1.165, 1.54) is 0 Å². The molecule has 0 saturated carbocycles. The van der Waals surface area contributed by atoms with Gasteiger partial charge in [0.15, 0.2) is 5.76 Å².